The summed E-state index contributed by atoms with van der Waals surface area (Å²) in [4.78, 5) is 12.0. The van der Waals surface area contributed by atoms with E-state index in [1.807, 2.05) is 35.2 Å². The van der Waals surface area contributed by atoms with Gasteiger partial charge in [-0.15, -0.1) is 0 Å². The summed E-state index contributed by atoms with van der Waals surface area (Å²) in [6.45, 7) is 1.26. The Balaban J connectivity index is 1.49. The highest BCUT2D eigenvalue weighted by molar-refractivity contribution is 5.43. The molecule has 0 aliphatic heterocycles. The van der Waals surface area contributed by atoms with Crippen LogP contribution in [0.25, 0.3) is 0 Å². The second-order valence-corrected chi connectivity index (χ2v) is 5.19. The van der Waals surface area contributed by atoms with E-state index in [0.29, 0.717) is 24.9 Å². The summed E-state index contributed by atoms with van der Waals surface area (Å²) >= 11 is 0. The number of rotatable bonds is 6. The van der Waals surface area contributed by atoms with Crippen molar-refractivity contribution in [1.29, 1.82) is 0 Å². The van der Waals surface area contributed by atoms with Gasteiger partial charge in [0.2, 0.25) is 0 Å². The van der Waals surface area contributed by atoms with Crippen molar-refractivity contribution in [1.82, 2.24) is 9.13 Å². The maximum atomic E-state index is 12.0. The van der Waals surface area contributed by atoms with E-state index in [-0.39, 0.29) is 5.69 Å². The number of nitrogens with zero attached hydrogens (tertiary/aromatic N) is 2. The molecule has 1 aliphatic carbocycles. The fourth-order valence-corrected chi connectivity index (χ4v) is 2.26. The molecular weight excluding hydrogens is 254 g/mol. The van der Waals surface area contributed by atoms with Crippen LogP contribution in [0.3, 0.4) is 0 Å². The molecule has 20 heavy (non-hydrogen) atoms. The zero-order valence-corrected chi connectivity index (χ0v) is 11.4. The first kappa shape index (κ1) is 12.8. The average molecular weight is 273 g/mol. The van der Waals surface area contributed by atoms with E-state index in [1.54, 1.807) is 10.6 Å². The molecule has 0 radical (unpaired) electrons. The number of ether oxygens (including phenoxy) is 1. The van der Waals surface area contributed by atoms with Gasteiger partial charge in [-0.05, 0) is 31.4 Å². The van der Waals surface area contributed by atoms with Crippen molar-refractivity contribution < 1.29 is 4.74 Å². The highest BCUT2D eigenvalue weighted by Gasteiger charge is 2.25. The Bertz CT molecular complexity index is 641. The highest BCUT2D eigenvalue weighted by atomic mass is 16.5. The molecule has 0 atom stereocenters. The summed E-state index contributed by atoms with van der Waals surface area (Å²) in [6, 6.07) is 7.81. The average Bonchev–Trinajstić information content (AvgIpc) is 3.20. The molecule has 5 nitrogen and oxygen atoms in total. The molecule has 1 fully saturated rings. The summed E-state index contributed by atoms with van der Waals surface area (Å²) in [6.07, 6.45) is 6.80. The molecule has 2 aromatic rings. The Labute approximate surface area is 117 Å². The molecule has 0 amide bonds. The van der Waals surface area contributed by atoms with E-state index >= 15 is 0 Å². The van der Waals surface area contributed by atoms with E-state index < -0.39 is 0 Å². The quantitative estimate of drug-likeness (QED) is 0.647. The molecular formula is C15H19N3O2. The van der Waals surface area contributed by atoms with Crippen LogP contribution in [0.4, 0.5) is 5.69 Å². The first-order chi connectivity index (χ1) is 9.74. The van der Waals surface area contributed by atoms with Crippen LogP contribution in [0.1, 0.15) is 25.3 Å². The van der Waals surface area contributed by atoms with Crippen LogP contribution < -0.4 is 16.2 Å². The van der Waals surface area contributed by atoms with Crippen LogP contribution >= 0.6 is 0 Å². The number of hydrogen-bond acceptors (Lipinski definition) is 3. The smallest absolute Gasteiger partial charge is 0.328 e. The number of benzene rings is 1. The third kappa shape index (κ3) is 2.87. The molecule has 5 heteroatoms. The van der Waals surface area contributed by atoms with Crippen LogP contribution in [-0.2, 0) is 6.54 Å². The fourth-order valence-electron chi connectivity index (χ4n) is 2.26. The molecule has 106 valence electrons. The van der Waals surface area contributed by atoms with Gasteiger partial charge in [0.1, 0.15) is 5.75 Å². The van der Waals surface area contributed by atoms with Crippen LogP contribution in [-0.4, -0.2) is 15.7 Å². The minimum Gasteiger partial charge on any atom is -0.493 e. The molecule has 1 aromatic carbocycles. The van der Waals surface area contributed by atoms with Crippen LogP contribution in [0.15, 0.2) is 41.5 Å². The number of anilines is 1. The van der Waals surface area contributed by atoms with Crippen molar-refractivity contribution in [2.24, 2.45) is 0 Å². The topological polar surface area (TPSA) is 62.2 Å². The summed E-state index contributed by atoms with van der Waals surface area (Å²) in [5.41, 5.74) is 6.47. The predicted octanol–water partition coefficient (Wildman–Crippen LogP) is 2.04. The van der Waals surface area contributed by atoms with Gasteiger partial charge in [-0.2, -0.15) is 0 Å². The number of nitrogen functional groups attached to an aromatic ring is 1. The molecule has 0 bridgehead atoms. The molecule has 1 aromatic heterocycles. The van der Waals surface area contributed by atoms with Crippen molar-refractivity contribution in [2.75, 3.05) is 12.3 Å². The van der Waals surface area contributed by atoms with E-state index in [9.17, 15) is 4.79 Å². The van der Waals surface area contributed by atoms with Gasteiger partial charge in [0.15, 0.2) is 0 Å². The van der Waals surface area contributed by atoms with Gasteiger partial charge in [-0.1, -0.05) is 6.07 Å². The van der Waals surface area contributed by atoms with Crippen molar-refractivity contribution in [2.45, 2.75) is 31.8 Å². The van der Waals surface area contributed by atoms with Gasteiger partial charge >= 0.3 is 5.69 Å². The predicted molar refractivity (Wildman–Crippen MR) is 77.9 cm³/mol. The summed E-state index contributed by atoms with van der Waals surface area (Å²) in [7, 11) is 0. The van der Waals surface area contributed by atoms with E-state index in [2.05, 4.69) is 0 Å². The summed E-state index contributed by atoms with van der Waals surface area (Å²) < 4.78 is 9.20. The van der Waals surface area contributed by atoms with E-state index in [1.165, 1.54) is 0 Å². The van der Waals surface area contributed by atoms with Crippen molar-refractivity contribution in [3.8, 4) is 5.75 Å². The monoisotopic (exact) mass is 273 g/mol. The number of aryl methyl sites for hydroxylation is 1. The Morgan fingerprint density at radius 2 is 2.15 bits per heavy atom. The van der Waals surface area contributed by atoms with Gasteiger partial charge in [0.05, 0.1) is 6.61 Å². The van der Waals surface area contributed by atoms with Gasteiger partial charge in [-0.3, -0.25) is 9.13 Å². The fraction of sp³-hybridized carbons (Fsp3) is 0.400. The maximum Gasteiger partial charge on any atom is 0.328 e. The standard InChI is InChI=1S/C15H19N3O2/c16-12-3-1-4-14(11-12)20-10-2-7-17-8-9-18(15(17)19)13-5-6-13/h1,3-4,8-9,11,13H,2,5-7,10,16H2. The lowest BCUT2D eigenvalue weighted by Crippen LogP contribution is -2.24. The molecule has 0 unspecified atom stereocenters. The maximum absolute atomic E-state index is 12.0. The van der Waals surface area contributed by atoms with Gasteiger partial charge in [-0.25, -0.2) is 4.79 Å². The van der Waals surface area contributed by atoms with E-state index in [4.69, 9.17) is 10.5 Å². The van der Waals surface area contributed by atoms with Crippen LogP contribution in [0.2, 0.25) is 0 Å². The normalized spacial score (nSPS) is 14.4. The molecule has 1 heterocycles. The minimum atomic E-state index is 0.0939. The zero-order valence-electron chi connectivity index (χ0n) is 11.4. The first-order valence-corrected chi connectivity index (χ1v) is 6.99. The number of imidazole rings is 1. The lowest BCUT2D eigenvalue weighted by atomic mass is 10.3. The third-order valence-corrected chi connectivity index (χ3v) is 3.48. The largest absolute Gasteiger partial charge is 0.493 e. The van der Waals surface area contributed by atoms with Crippen molar-refractivity contribution in [3.63, 3.8) is 0 Å². The molecule has 0 spiro atoms. The molecule has 3 rings (SSSR count). The second kappa shape index (κ2) is 5.45. The van der Waals surface area contributed by atoms with Gasteiger partial charge in [0.25, 0.3) is 0 Å². The Morgan fingerprint density at radius 3 is 2.90 bits per heavy atom. The minimum absolute atomic E-state index is 0.0939. The van der Waals surface area contributed by atoms with Crippen molar-refractivity contribution >= 4 is 5.69 Å². The second-order valence-electron chi connectivity index (χ2n) is 5.19. The molecule has 0 saturated heterocycles. The zero-order chi connectivity index (χ0) is 13.9. The van der Waals surface area contributed by atoms with Gasteiger partial charge < -0.3 is 10.5 Å². The SMILES string of the molecule is Nc1cccc(OCCCn2ccn(C3CC3)c2=O)c1. The molecule has 1 aliphatic rings. The first-order valence-electron chi connectivity index (χ1n) is 6.99. The third-order valence-electron chi connectivity index (χ3n) is 3.48. The van der Waals surface area contributed by atoms with Crippen LogP contribution in [0, 0.1) is 0 Å². The number of nitrogens with two attached hydrogens (primary N) is 1. The number of hydrogen-bond donors (Lipinski definition) is 1. The summed E-state index contributed by atoms with van der Waals surface area (Å²) in [5, 5.41) is 0. The number of aromatic nitrogens is 2. The Hall–Kier alpha value is -2.17. The molecule has 2 N–H and O–H groups in total. The summed E-state index contributed by atoms with van der Waals surface area (Å²) in [5.74, 6) is 0.771. The van der Waals surface area contributed by atoms with Gasteiger partial charge in [0, 0.05) is 36.7 Å². The Morgan fingerprint density at radius 1 is 1.30 bits per heavy atom. The van der Waals surface area contributed by atoms with E-state index in [0.717, 1.165) is 25.0 Å². The lowest BCUT2D eigenvalue weighted by molar-refractivity contribution is 0.301. The lowest BCUT2D eigenvalue weighted by Gasteiger charge is -2.07. The van der Waals surface area contributed by atoms with Crippen LogP contribution in [0.5, 0.6) is 5.75 Å². The Kier molecular flexibility index (Phi) is 3.50. The highest BCUT2D eigenvalue weighted by Crippen LogP contribution is 2.33. The molecule has 1 saturated carbocycles. The van der Waals surface area contributed by atoms with Crippen molar-refractivity contribution in [3.05, 3.63) is 47.1 Å².